The van der Waals surface area contributed by atoms with Gasteiger partial charge in [-0.2, -0.15) is 0 Å². The maximum Gasteiger partial charge on any atom is 0.236 e. The molecule has 0 spiro atoms. The zero-order valence-corrected chi connectivity index (χ0v) is 18.2. The van der Waals surface area contributed by atoms with Crippen LogP contribution in [0.2, 0.25) is 5.02 Å². The first-order chi connectivity index (χ1) is 14.0. The van der Waals surface area contributed by atoms with Gasteiger partial charge in [0.25, 0.3) is 0 Å². The van der Waals surface area contributed by atoms with Crippen molar-refractivity contribution in [3.8, 4) is 5.75 Å². The van der Waals surface area contributed by atoms with Crippen LogP contribution in [0.3, 0.4) is 0 Å². The van der Waals surface area contributed by atoms with E-state index in [1.165, 1.54) is 0 Å². The van der Waals surface area contributed by atoms with Gasteiger partial charge in [0.15, 0.2) is 5.96 Å². The maximum atomic E-state index is 12.3. The Kier molecular flexibility index (Phi) is 8.00. The van der Waals surface area contributed by atoms with Gasteiger partial charge in [-0.1, -0.05) is 11.6 Å². The predicted octanol–water partition coefficient (Wildman–Crippen LogP) is 1.92. The molecule has 160 valence electrons. The third kappa shape index (κ3) is 6.51. The van der Waals surface area contributed by atoms with Crippen molar-refractivity contribution >= 4 is 23.5 Å². The number of carbonyl (C=O) groups is 1. The van der Waals surface area contributed by atoms with Crippen molar-refractivity contribution in [3.05, 3.63) is 29.3 Å². The van der Waals surface area contributed by atoms with Crippen LogP contribution in [0.4, 0.5) is 0 Å². The number of ether oxygens (including phenoxy) is 1. The van der Waals surface area contributed by atoms with Crippen molar-refractivity contribution in [1.82, 2.24) is 20.0 Å². The molecule has 7 nitrogen and oxygen atoms in total. The van der Waals surface area contributed by atoms with Crippen LogP contribution >= 0.6 is 11.6 Å². The number of amides is 1. The molecule has 0 aliphatic carbocycles. The molecule has 2 heterocycles. The minimum atomic E-state index is -0.00713. The first kappa shape index (κ1) is 21.7. The van der Waals surface area contributed by atoms with Gasteiger partial charge in [-0.05, 0) is 44.0 Å². The zero-order valence-electron chi connectivity index (χ0n) is 17.4. The lowest BCUT2D eigenvalue weighted by atomic mass is 10.3. The minimum Gasteiger partial charge on any atom is -0.489 e. The summed E-state index contributed by atoms with van der Waals surface area (Å²) in [5.74, 6) is 1.95. The van der Waals surface area contributed by atoms with E-state index in [2.05, 4.69) is 20.1 Å². The summed E-state index contributed by atoms with van der Waals surface area (Å²) in [6.07, 6.45) is 2.27. The standard InChI is InChI=1S/C21H32ClN5O2/c1-17(29-19-7-5-18(22)6-8-19)15-24-21(23-2)27-13-11-25(12-14-27)16-20(28)26-9-3-4-10-26/h5-8,17H,3-4,9-16H2,1-2H3,(H,23,24). The van der Waals surface area contributed by atoms with E-state index in [0.717, 1.165) is 63.8 Å². The number of nitrogens with zero attached hydrogens (tertiary/aromatic N) is 4. The van der Waals surface area contributed by atoms with E-state index in [4.69, 9.17) is 16.3 Å². The number of benzene rings is 1. The third-order valence-electron chi connectivity index (χ3n) is 5.40. The molecule has 1 unspecified atom stereocenters. The van der Waals surface area contributed by atoms with E-state index in [9.17, 15) is 4.79 Å². The molecule has 1 atom stereocenters. The highest BCUT2D eigenvalue weighted by atomic mass is 35.5. The number of carbonyl (C=O) groups excluding carboxylic acids is 1. The summed E-state index contributed by atoms with van der Waals surface area (Å²) in [5, 5.41) is 4.10. The minimum absolute atomic E-state index is 0.00713. The summed E-state index contributed by atoms with van der Waals surface area (Å²) in [4.78, 5) is 23.2. The Labute approximate surface area is 178 Å². The molecule has 3 rings (SSSR count). The third-order valence-corrected chi connectivity index (χ3v) is 5.65. The topological polar surface area (TPSA) is 60.4 Å². The van der Waals surface area contributed by atoms with Gasteiger partial charge in [0.05, 0.1) is 13.1 Å². The van der Waals surface area contributed by atoms with Gasteiger partial charge >= 0.3 is 0 Å². The summed E-state index contributed by atoms with van der Waals surface area (Å²) >= 11 is 5.91. The first-order valence-electron chi connectivity index (χ1n) is 10.4. The van der Waals surface area contributed by atoms with E-state index in [1.54, 1.807) is 7.05 Å². The molecule has 1 amide bonds. The van der Waals surface area contributed by atoms with Gasteiger partial charge in [0.2, 0.25) is 5.91 Å². The highest BCUT2D eigenvalue weighted by Gasteiger charge is 2.24. The fourth-order valence-corrected chi connectivity index (χ4v) is 3.86. The zero-order chi connectivity index (χ0) is 20.6. The highest BCUT2D eigenvalue weighted by molar-refractivity contribution is 6.30. The second kappa shape index (κ2) is 10.7. The maximum absolute atomic E-state index is 12.3. The largest absolute Gasteiger partial charge is 0.489 e. The number of guanidine groups is 1. The van der Waals surface area contributed by atoms with E-state index in [0.29, 0.717) is 18.1 Å². The van der Waals surface area contributed by atoms with E-state index in [1.807, 2.05) is 36.1 Å². The van der Waals surface area contributed by atoms with Gasteiger partial charge in [-0.25, -0.2) is 0 Å². The SMILES string of the molecule is CN=C(NCC(C)Oc1ccc(Cl)cc1)N1CCN(CC(=O)N2CCCC2)CC1. The second-order valence-corrected chi connectivity index (χ2v) is 8.10. The van der Waals surface area contributed by atoms with Crippen LogP contribution in [0.25, 0.3) is 0 Å². The van der Waals surface area contributed by atoms with E-state index >= 15 is 0 Å². The van der Waals surface area contributed by atoms with E-state index in [-0.39, 0.29) is 12.0 Å². The van der Waals surface area contributed by atoms with Crippen LogP contribution in [-0.4, -0.2) is 92.1 Å². The second-order valence-electron chi connectivity index (χ2n) is 7.66. The molecule has 8 heteroatoms. The Bertz CT molecular complexity index is 683. The lowest BCUT2D eigenvalue weighted by molar-refractivity contribution is -0.131. The highest BCUT2D eigenvalue weighted by Crippen LogP contribution is 2.16. The normalized spacial score (nSPS) is 19.3. The van der Waals surface area contributed by atoms with Crippen LogP contribution in [-0.2, 0) is 4.79 Å². The molecular weight excluding hydrogens is 390 g/mol. The fourth-order valence-electron chi connectivity index (χ4n) is 3.73. The van der Waals surface area contributed by atoms with Crippen LogP contribution < -0.4 is 10.1 Å². The lowest BCUT2D eigenvalue weighted by Gasteiger charge is -2.36. The van der Waals surface area contributed by atoms with Crippen LogP contribution in [0.15, 0.2) is 29.3 Å². The Morgan fingerprint density at radius 3 is 2.38 bits per heavy atom. The van der Waals surface area contributed by atoms with Crippen molar-refractivity contribution in [2.45, 2.75) is 25.9 Å². The van der Waals surface area contributed by atoms with Crippen LogP contribution in [0.5, 0.6) is 5.75 Å². The number of piperazine rings is 1. The summed E-state index contributed by atoms with van der Waals surface area (Å²) in [6, 6.07) is 7.39. The average molecular weight is 422 g/mol. The Balaban J connectivity index is 1.39. The number of aliphatic imine (C=N–C) groups is 1. The smallest absolute Gasteiger partial charge is 0.236 e. The molecule has 0 bridgehead atoms. The van der Waals surface area contributed by atoms with E-state index < -0.39 is 0 Å². The van der Waals surface area contributed by atoms with Crippen LogP contribution in [0, 0.1) is 0 Å². The molecule has 29 heavy (non-hydrogen) atoms. The molecule has 0 radical (unpaired) electrons. The lowest BCUT2D eigenvalue weighted by Crippen LogP contribution is -2.54. The Morgan fingerprint density at radius 2 is 1.76 bits per heavy atom. The Morgan fingerprint density at radius 1 is 1.10 bits per heavy atom. The molecule has 1 aromatic rings. The van der Waals surface area contributed by atoms with Gasteiger partial charge in [0, 0.05) is 51.3 Å². The molecule has 0 saturated carbocycles. The van der Waals surface area contributed by atoms with Gasteiger partial charge in [0.1, 0.15) is 11.9 Å². The van der Waals surface area contributed by atoms with Crippen molar-refractivity contribution in [3.63, 3.8) is 0 Å². The monoisotopic (exact) mass is 421 g/mol. The summed E-state index contributed by atoms with van der Waals surface area (Å²) in [6.45, 7) is 8.52. The summed E-state index contributed by atoms with van der Waals surface area (Å²) in [7, 11) is 1.80. The van der Waals surface area contributed by atoms with Crippen molar-refractivity contribution < 1.29 is 9.53 Å². The quantitative estimate of drug-likeness (QED) is 0.561. The fraction of sp³-hybridized carbons (Fsp3) is 0.619. The number of halogens is 1. The van der Waals surface area contributed by atoms with Gasteiger partial charge in [-0.15, -0.1) is 0 Å². The number of nitrogens with one attached hydrogen (secondary N) is 1. The van der Waals surface area contributed by atoms with Crippen molar-refractivity contribution in [2.24, 2.45) is 4.99 Å². The average Bonchev–Trinajstić information content (AvgIpc) is 3.26. The summed E-state index contributed by atoms with van der Waals surface area (Å²) < 4.78 is 5.92. The Hall–Kier alpha value is -1.99. The molecule has 1 N–H and O–H groups in total. The van der Waals surface area contributed by atoms with Gasteiger partial charge < -0.3 is 19.9 Å². The van der Waals surface area contributed by atoms with Crippen molar-refractivity contribution in [2.75, 3.05) is 59.4 Å². The molecule has 2 aliphatic rings. The number of hydrogen-bond acceptors (Lipinski definition) is 4. The predicted molar refractivity (Wildman–Crippen MR) is 117 cm³/mol. The van der Waals surface area contributed by atoms with Crippen molar-refractivity contribution in [1.29, 1.82) is 0 Å². The van der Waals surface area contributed by atoms with Gasteiger partial charge in [-0.3, -0.25) is 14.7 Å². The number of rotatable bonds is 6. The number of likely N-dealkylation sites (tertiary alicyclic amines) is 1. The molecular formula is C21H32ClN5O2. The molecule has 2 saturated heterocycles. The van der Waals surface area contributed by atoms with Crippen LogP contribution in [0.1, 0.15) is 19.8 Å². The molecule has 1 aromatic carbocycles. The molecule has 0 aromatic heterocycles. The molecule has 2 fully saturated rings. The first-order valence-corrected chi connectivity index (χ1v) is 10.8. The molecule has 2 aliphatic heterocycles. The number of hydrogen-bond donors (Lipinski definition) is 1. The summed E-state index contributed by atoms with van der Waals surface area (Å²) in [5.41, 5.74) is 0.